The first-order chi connectivity index (χ1) is 11.7. The van der Waals surface area contributed by atoms with Gasteiger partial charge in [0.1, 0.15) is 0 Å². The summed E-state index contributed by atoms with van der Waals surface area (Å²) < 4.78 is 5.99. The summed E-state index contributed by atoms with van der Waals surface area (Å²) in [5, 5.41) is 9.31. The summed E-state index contributed by atoms with van der Waals surface area (Å²) in [6.07, 6.45) is 4.03. The Bertz CT molecular complexity index is 675. The van der Waals surface area contributed by atoms with Crippen molar-refractivity contribution in [3.05, 3.63) is 65.5 Å². The molecule has 5 nitrogen and oxygen atoms in total. The molecule has 0 saturated carbocycles. The number of ether oxygens (including phenoxy) is 1. The fraction of sp³-hybridized carbons (Fsp3) is 0.368. The first-order valence-corrected chi connectivity index (χ1v) is 8.27. The molecule has 1 aromatic carbocycles. The van der Waals surface area contributed by atoms with Crippen LogP contribution in [0.1, 0.15) is 34.5 Å². The Kier molecular flexibility index (Phi) is 5.56. The summed E-state index contributed by atoms with van der Waals surface area (Å²) in [5.74, 6) is -0.870. The number of nitrogens with zero attached hydrogens (tertiary/aromatic N) is 2. The van der Waals surface area contributed by atoms with Crippen molar-refractivity contribution >= 4 is 5.97 Å². The Morgan fingerprint density at radius 3 is 2.88 bits per heavy atom. The molecule has 0 aliphatic carbocycles. The lowest BCUT2D eigenvalue weighted by Gasteiger charge is -2.32. The second-order valence-electron chi connectivity index (χ2n) is 6.09. The summed E-state index contributed by atoms with van der Waals surface area (Å²) in [6.45, 7) is 2.95. The van der Waals surface area contributed by atoms with Gasteiger partial charge >= 0.3 is 5.97 Å². The highest BCUT2D eigenvalue weighted by Gasteiger charge is 2.22. The first-order valence-electron chi connectivity index (χ1n) is 8.27. The van der Waals surface area contributed by atoms with Crippen LogP contribution in [0, 0.1) is 0 Å². The fourth-order valence-electron chi connectivity index (χ4n) is 3.09. The number of carboxylic acid groups (broad SMARTS) is 1. The SMILES string of the molecule is O=C(O)c1ccccc1CN1CCC[C@H](OCc2ccccn2)C1. The maximum absolute atomic E-state index is 11.3. The number of carbonyl (C=O) groups is 1. The minimum Gasteiger partial charge on any atom is -0.478 e. The highest BCUT2D eigenvalue weighted by Crippen LogP contribution is 2.19. The maximum atomic E-state index is 11.3. The van der Waals surface area contributed by atoms with E-state index in [0.717, 1.165) is 37.2 Å². The van der Waals surface area contributed by atoms with Crippen LogP contribution in [-0.4, -0.2) is 40.2 Å². The number of carboxylic acids is 1. The van der Waals surface area contributed by atoms with Crippen LogP contribution in [0.15, 0.2) is 48.7 Å². The fourth-order valence-corrected chi connectivity index (χ4v) is 3.09. The van der Waals surface area contributed by atoms with Gasteiger partial charge in [0.05, 0.1) is 24.0 Å². The van der Waals surface area contributed by atoms with E-state index < -0.39 is 5.97 Å². The van der Waals surface area contributed by atoms with Gasteiger partial charge in [-0.3, -0.25) is 9.88 Å². The van der Waals surface area contributed by atoms with Crippen molar-refractivity contribution in [2.24, 2.45) is 0 Å². The third-order valence-corrected chi connectivity index (χ3v) is 4.30. The smallest absolute Gasteiger partial charge is 0.336 e. The monoisotopic (exact) mass is 326 g/mol. The molecular formula is C19H22N2O3. The number of rotatable bonds is 6. The number of piperidine rings is 1. The first kappa shape index (κ1) is 16.6. The lowest BCUT2D eigenvalue weighted by Crippen LogP contribution is -2.39. The molecule has 1 saturated heterocycles. The molecule has 0 radical (unpaired) electrons. The molecule has 1 aromatic heterocycles. The lowest BCUT2D eigenvalue weighted by molar-refractivity contribution is -0.0133. The van der Waals surface area contributed by atoms with E-state index in [-0.39, 0.29) is 6.10 Å². The molecular weight excluding hydrogens is 304 g/mol. The predicted molar refractivity (Wildman–Crippen MR) is 90.7 cm³/mol. The van der Waals surface area contributed by atoms with Gasteiger partial charge in [0.25, 0.3) is 0 Å². The molecule has 126 valence electrons. The van der Waals surface area contributed by atoms with E-state index >= 15 is 0 Å². The molecule has 1 aliphatic rings. The van der Waals surface area contributed by atoms with Crippen LogP contribution in [0.3, 0.4) is 0 Å². The van der Waals surface area contributed by atoms with Crippen molar-refractivity contribution in [1.82, 2.24) is 9.88 Å². The van der Waals surface area contributed by atoms with Gasteiger partial charge in [0, 0.05) is 19.3 Å². The van der Waals surface area contributed by atoms with Crippen LogP contribution < -0.4 is 0 Å². The van der Waals surface area contributed by atoms with Crippen LogP contribution in [0.2, 0.25) is 0 Å². The number of benzene rings is 1. The highest BCUT2D eigenvalue weighted by atomic mass is 16.5. The molecule has 1 aliphatic heterocycles. The van der Waals surface area contributed by atoms with Crippen LogP contribution in [0.5, 0.6) is 0 Å². The van der Waals surface area contributed by atoms with E-state index in [1.54, 1.807) is 18.3 Å². The van der Waals surface area contributed by atoms with Crippen LogP contribution in [0.4, 0.5) is 0 Å². The molecule has 2 aromatic rings. The number of hydrogen-bond donors (Lipinski definition) is 1. The Balaban J connectivity index is 1.57. The minimum absolute atomic E-state index is 0.165. The molecule has 1 fully saturated rings. The second kappa shape index (κ2) is 8.04. The quantitative estimate of drug-likeness (QED) is 0.884. The zero-order valence-corrected chi connectivity index (χ0v) is 13.6. The van der Waals surface area contributed by atoms with Crippen molar-refractivity contribution in [2.45, 2.75) is 32.1 Å². The average Bonchev–Trinajstić information content (AvgIpc) is 2.61. The minimum atomic E-state index is -0.870. The standard InChI is InChI=1S/C19H22N2O3/c22-19(23)18-9-2-1-6-15(18)12-21-11-5-8-17(13-21)24-14-16-7-3-4-10-20-16/h1-4,6-7,9-10,17H,5,8,11-14H2,(H,22,23)/t17-/m0/s1. The number of hydrogen-bond acceptors (Lipinski definition) is 4. The lowest BCUT2D eigenvalue weighted by atomic mass is 10.0. The molecule has 2 heterocycles. The van der Waals surface area contributed by atoms with Crippen molar-refractivity contribution in [1.29, 1.82) is 0 Å². The van der Waals surface area contributed by atoms with Gasteiger partial charge in [-0.05, 0) is 43.1 Å². The van der Waals surface area contributed by atoms with Gasteiger partial charge in [-0.2, -0.15) is 0 Å². The van der Waals surface area contributed by atoms with Crippen molar-refractivity contribution in [3.8, 4) is 0 Å². The number of likely N-dealkylation sites (tertiary alicyclic amines) is 1. The van der Waals surface area contributed by atoms with Crippen LogP contribution in [-0.2, 0) is 17.9 Å². The zero-order chi connectivity index (χ0) is 16.8. The van der Waals surface area contributed by atoms with E-state index in [2.05, 4.69) is 9.88 Å². The van der Waals surface area contributed by atoms with E-state index in [4.69, 9.17) is 4.74 Å². The molecule has 5 heteroatoms. The van der Waals surface area contributed by atoms with Crippen molar-refractivity contribution in [2.75, 3.05) is 13.1 Å². The molecule has 1 N–H and O–H groups in total. The van der Waals surface area contributed by atoms with E-state index in [0.29, 0.717) is 18.7 Å². The summed E-state index contributed by atoms with van der Waals surface area (Å²) in [5.41, 5.74) is 2.18. The molecule has 0 spiro atoms. The number of aromatic carboxylic acids is 1. The van der Waals surface area contributed by atoms with E-state index in [1.165, 1.54) is 0 Å². The summed E-state index contributed by atoms with van der Waals surface area (Å²) in [7, 11) is 0. The van der Waals surface area contributed by atoms with E-state index in [9.17, 15) is 9.90 Å². The van der Waals surface area contributed by atoms with Gasteiger partial charge in [-0.1, -0.05) is 24.3 Å². The highest BCUT2D eigenvalue weighted by molar-refractivity contribution is 5.89. The van der Waals surface area contributed by atoms with Crippen molar-refractivity contribution in [3.63, 3.8) is 0 Å². The average molecular weight is 326 g/mol. The van der Waals surface area contributed by atoms with Crippen LogP contribution in [0.25, 0.3) is 0 Å². The molecule has 1 atom stereocenters. The molecule has 24 heavy (non-hydrogen) atoms. The Hall–Kier alpha value is -2.24. The third kappa shape index (κ3) is 4.40. The van der Waals surface area contributed by atoms with Gasteiger partial charge in [-0.15, -0.1) is 0 Å². The van der Waals surface area contributed by atoms with Crippen molar-refractivity contribution < 1.29 is 14.6 Å². The summed E-state index contributed by atoms with van der Waals surface area (Å²) in [4.78, 5) is 17.9. The number of aromatic nitrogens is 1. The second-order valence-corrected chi connectivity index (χ2v) is 6.09. The Labute approximate surface area is 141 Å². The number of pyridine rings is 1. The van der Waals surface area contributed by atoms with Gasteiger partial charge in [0.15, 0.2) is 0 Å². The Morgan fingerprint density at radius 2 is 2.08 bits per heavy atom. The molecule has 0 amide bonds. The summed E-state index contributed by atoms with van der Waals surface area (Å²) in [6, 6.07) is 13.0. The van der Waals surface area contributed by atoms with Gasteiger partial charge in [0.2, 0.25) is 0 Å². The Morgan fingerprint density at radius 1 is 1.25 bits per heavy atom. The summed E-state index contributed by atoms with van der Waals surface area (Å²) >= 11 is 0. The predicted octanol–water partition coefficient (Wildman–Crippen LogP) is 2.96. The molecule has 0 unspecified atom stereocenters. The van der Waals surface area contributed by atoms with Crippen LogP contribution >= 0.6 is 0 Å². The normalized spacial score (nSPS) is 18.4. The van der Waals surface area contributed by atoms with Gasteiger partial charge in [-0.25, -0.2) is 4.79 Å². The van der Waals surface area contributed by atoms with Gasteiger partial charge < -0.3 is 9.84 Å². The zero-order valence-electron chi connectivity index (χ0n) is 13.6. The largest absolute Gasteiger partial charge is 0.478 e. The topological polar surface area (TPSA) is 62.7 Å². The maximum Gasteiger partial charge on any atom is 0.336 e. The molecule has 3 rings (SSSR count). The molecule has 0 bridgehead atoms. The third-order valence-electron chi connectivity index (χ3n) is 4.30. The van der Waals surface area contributed by atoms with E-state index in [1.807, 2.05) is 30.3 Å².